The molecule has 1 atom stereocenters. The molecule has 106 valence electrons. The van der Waals surface area contributed by atoms with Gasteiger partial charge in [0.15, 0.2) is 0 Å². The number of morpholine rings is 1. The van der Waals surface area contributed by atoms with Gasteiger partial charge in [-0.05, 0) is 19.4 Å². The number of amides is 1. The van der Waals surface area contributed by atoms with E-state index in [4.69, 9.17) is 9.47 Å². The molecule has 0 saturated carbocycles. The highest BCUT2D eigenvalue weighted by Crippen LogP contribution is 2.15. The Bertz CT molecular complexity index is 442. The average Bonchev–Trinajstić information content (AvgIpc) is 2.76. The molecule has 1 unspecified atom stereocenters. The smallest absolute Gasteiger partial charge is 0.255 e. The molecule has 1 saturated heterocycles. The van der Waals surface area contributed by atoms with Crippen LogP contribution in [-0.2, 0) is 16.5 Å². The molecule has 1 aromatic heterocycles. The molecule has 0 bridgehead atoms. The van der Waals surface area contributed by atoms with E-state index in [0.717, 1.165) is 17.7 Å². The summed E-state index contributed by atoms with van der Waals surface area (Å²) in [5.74, 6) is 0.101. The lowest BCUT2D eigenvalue weighted by Gasteiger charge is -2.33. The van der Waals surface area contributed by atoms with Crippen LogP contribution >= 0.6 is 0 Å². The Hall–Kier alpha value is -1.33. The predicted octanol–water partition coefficient (Wildman–Crippen LogP) is 1.21. The van der Waals surface area contributed by atoms with E-state index in [1.54, 1.807) is 7.11 Å². The number of hydrogen-bond acceptors (Lipinski definition) is 3. The Morgan fingerprint density at radius 3 is 3.00 bits per heavy atom. The molecule has 19 heavy (non-hydrogen) atoms. The van der Waals surface area contributed by atoms with Crippen LogP contribution in [0, 0.1) is 6.92 Å². The molecule has 0 aliphatic carbocycles. The van der Waals surface area contributed by atoms with E-state index in [-0.39, 0.29) is 12.0 Å². The van der Waals surface area contributed by atoms with Crippen molar-refractivity contribution in [3.63, 3.8) is 0 Å². The maximum absolute atomic E-state index is 12.5. The number of carbonyl (C=O) groups excluding carboxylic acids is 1. The standard InChI is InChI=1S/C14H22N2O3/c1-11-13(4-6-15(11)2)14(17)16-7-9-19-12(10-16)5-8-18-3/h4,6,12H,5,7-10H2,1-3H3. The maximum atomic E-state index is 12.5. The largest absolute Gasteiger partial charge is 0.385 e. The minimum Gasteiger partial charge on any atom is -0.385 e. The van der Waals surface area contributed by atoms with E-state index in [9.17, 15) is 4.79 Å². The highest BCUT2D eigenvalue weighted by Gasteiger charge is 2.26. The fourth-order valence-electron chi connectivity index (χ4n) is 2.33. The number of rotatable bonds is 4. The minimum absolute atomic E-state index is 0.0849. The Kier molecular flexibility index (Phi) is 4.61. The highest BCUT2D eigenvalue weighted by atomic mass is 16.5. The number of carbonyl (C=O) groups is 1. The van der Waals surface area contributed by atoms with Gasteiger partial charge in [-0.15, -0.1) is 0 Å². The third-order valence-electron chi connectivity index (χ3n) is 3.68. The lowest BCUT2D eigenvalue weighted by molar-refractivity contribution is -0.0333. The molecule has 0 aromatic carbocycles. The van der Waals surface area contributed by atoms with Crippen molar-refractivity contribution in [2.24, 2.45) is 7.05 Å². The van der Waals surface area contributed by atoms with Crippen LogP contribution in [0.1, 0.15) is 22.5 Å². The van der Waals surface area contributed by atoms with Crippen LogP contribution < -0.4 is 0 Å². The third kappa shape index (κ3) is 3.16. The lowest BCUT2D eigenvalue weighted by Crippen LogP contribution is -2.46. The first-order valence-electron chi connectivity index (χ1n) is 6.65. The van der Waals surface area contributed by atoms with Gasteiger partial charge >= 0.3 is 0 Å². The van der Waals surface area contributed by atoms with Gasteiger partial charge in [0.05, 0.1) is 18.3 Å². The van der Waals surface area contributed by atoms with E-state index in [1.165, 1.54) is 0 Å². The highest BCUT2D eigenvalue weighted by molar-refractivity contribution is 5.95. The summed E-state index contributed by atoms with van der Waals surface area (Å²) in [6.45, 7) is 4.55. The third-order valence-corrected chi connectivity index (χ3v) is 3.68. The van der Waals surface area contributed by atoms with Gasteiger partial charge in [0.2, 0.25) is 0 Å². The van der Waals surface area contributed by atoms with Crippen molar-refractivity contribution in [1.29, 1.82) is 0 Å². The van der Waals surface area contributed by atoms with Gasteiger partial charge in [0.1, 0.15) is 0 Å². The van der Waals surface area contributed by atoms with Crippen LogP contribution in [0.5, 0.6) is 0 Å². The number of methoxy groups -OCH3 is 1. The lowest BCUT2D eigenvalue weighted by atomic mass is 10.1. The molecule has 1 aliphatic heterocycles. The van der Waals surface area contributed by atoms with Crippen LogP contribution in [0.4, 0.5) is 0 Å². The minimum atomic E-state index is 0.0849. The Balaban J connectivity index is 2.01. The molecular weight excluding hydrogens is 244 g/mol. The van der Waals surface area contributed by atoms with Gasteiger partial charge in [0.25, 0.3) is 5.91 Å². The van der Waals surface area contributed by atoms with Crippen LogP contribution in [0.3, 0.4) is 0 Å². The first-order chi connectivity index (χ1) is 9.13. The summed E-state index contributed by atoms with van der Waals surface area (Å²) in [5.41, 5.74) is 1.79. The monoisotopic (exact) mass is 266 g/mol. The summed E-state index contributed by atoms with van der Waals surface area (Å²) in [7, 11) is 3.63. The Morgan fingerprint density at radius 1 is 1.58 bits per heavy atom. The number of nitrogens with zero attached hydrogens (tertiary/aromatic N) is 2. The van der Waals surface area contributed by atoms with Crippen LogP contribution in [0.15, 0.2) is 12.3 Å². The summed E-state index contributed by atoms with van der Waals surface area (Å²) in [5, 5.41) is 0. The summed E-state index contributed by atoms with van der Waals surface area (Å²) in [4.78, 5) is 14.4. The van der Waals surface area contributed by atoms with E-state index in [0.29, 0.717) is 26.3 Å². The van der Waals surface area contributed by atoms with Crippen molar-refractivity contribution < 1.29 is 14.3 Å². The normalized spacial score (nSPS) is 19.7. The van der Waals surface area contributed by atoms with Crippen LogP contribution in [0.2, 0.25) is 0 Å². The summed E-state index contributed by atoms with van der Waals surface area (Å²) >= 11 is 0. The fourth-order valence-corrected chi connectivity index (χ4v) is 2.33. The molecular formula is C14H22N2O3. The van der Waals surface area contributed by atoms with Crippen molar-refractivity contribution >= 4 is 5.91 Å². The van der Waals surface area contributed by atoms with Crippen LogP contribution in [0.25, 0.3) is 0 Å². The van der Waals surface area contributed by atoms with Gasteiger partial charge in [0, 0.05) is 45.7 Å². The van der Waals surface area contributed by atoms with Gasteiger partial charge in [-0.3, -0.25) is 4.79 Å². The van der Waals surface area contributed by atoms with E-state index >= 15 is 0 Å². The second-order valence-electron chi connectivity index (χ2n) is 4.95. The van der Waals surface area contributed by atoms with Gasteiger partial charge in [-0.2, -0.15) is 0 Å². The predicted molar refractivity (Wildman–Crippen MR) is 72.3 cm³/mol. The van der Waals surface area contributed by atoms with Crippen molar-refractivity contribution in [3.05, 3.63) is 23.5 Å². The topological polar surface area (TPSA) is 43.7 Å². The Morgan fingerprint density at radius 2 is 2.37 bits per heavy atom. The molecule has 2 rings (SSSR count). The number of hydrogen-bond donors (Lipinski definition) is 0. The van der Waals surface area contributed by atoms with Crippen molar-refractivity contribution in [3.8, 4) is 0 Å². The molecule has 1 aliphatic rings. The van der Waals surface area contributed by atoms with Crippen molar-refractivity contribution in [1.82, 2.24) is 9.47 Å². The second-order valence-corrected chi connectivity index (χ2v) is 4.95. The van der Waals surface area contributed by atoms with Gasteiger partial charge in [-0.1, -0.05) is 0 Å². The first kappa shape index (κ1) is 14.1. The quantitative estimate of drug-likeness (QED) is 0.823. The SMILES string of the molecule is COCCC1CN(C(=O)c2ccn(C)c2C)CCO1. The van der Waals surface area contributed by atoms with E-state index in [1.807, 2.05) is 35.7 Å². The molecule has 5 nitrogen and oxygen atoms in total. The molecule has 1 aromatic rings. The summed E-state index contributed by atoms with van der Waals surface area (Å²) in [6.07, 6.45) is 2.83. The number of ether oxygens (including phenoxy) is 2. The number of aryl methyl sites for hydroxylation is 1. The van der Waals surface area contributed by atoms with Crippen molar-refractivity contribution in [2.45, 2.75) is 19.4 Å². The molecule has 0 spiro atoms. The summed E-state index contributed by atoms with van der Waals surface area (Å²) in [6, 6.07) is 1.89. The zero-order valence-corrected chi connectivity index (χ0v) is 11.9. The van der Waals surface area contributed by atoms with Crippen molar-refractivity contribution in [2.75, 3.05) is 33.4 Å². The zero-order valence-electron chi connectivity index (χ0n) is 11.9. The molecule has 1 fully saturated rings. The zero-order chi connectivity index (χ0) is 13.8. The average molecular weight is 266 g/mol. The molecule has 0 N–H and O–H groups in total. The molecule has 0 radical (unpaired) electrons. The summed E-state index contributed by atoms with van der Waals surface area (Å²) < 4.78 is 12.7. The van der Waals surface area contributed by atoms with E-state index < -0.39 is 0 Å². The maximum Gasteiger partial charge on any atom is 0.255 e. The second kappa shape index (κ2) is 6.21. The van der Waals surface area contributed by atoms with Crippen LogP contribution in [-0.4, -0.2) is 54.9 Å². The fraction of sp³-hybridized carbons (Fsp3) is 0.643. The van der Waals surface area contributed by atoms with Gasteiger partial charge < -0.3 is 18.9 Å². The van der Waals surface area contributed by atoms with Gasteiger partial charge in [-0.25, -0.2) is 0 Å². The molecule has 1 amide bonds. The molecule has 5 heteroatoms. The number of aromatic nitrogens is 1. The van der Waals surface area contributed by atoms with E-state index in [2.05, 4.69) is 0 Å². The Labute approximate surface area is 114 Å². The first-order valence-corrected chi connectivity index (χ1v) is 6.65. The molecule has 2 heterocycles.